The van der Waals surface area contributed by atoms with Gasteiger partial charge >= 0.3 is 0 Å². The molecule has 0 radical (unpaired) electrons. The smallest absolute Gasteiger partial charge is 0.280 e. The maximum absolute atomic E-state index is 12.2. The van der Waals surface area contributed by atoms with Crippen molar-refractivity contribution in [1.82, 2.24) is 14.7 Å². The molecule has 0 atom stereocenters. The Morgan fingerprint density at radius 1 is 1.36 bits per heavy atom. The van der Waals surface area contributed by atoms with Crippen LogP contribution in [0.2, 0.25) is 0 Å². The first-order valence-corrected chi connectivity index (χ1v) is 10.3. The molecular formula is C19H17N5O2S2. The average Bonchev–Trinajstić information content (AvgIpc) is 3.09. The lowest BCUT2D eigenvalue weighted by Gasteiger charge is -2.22. The van der Waals surface area contributed by atoms with E-state index >= 15 is 0 Å². The number of carbonyl (C=O) groups is 1. The van der Waals surface area contributed by atoms with E-state index in [1.807, 2.05) is 11.8 Å². The van der Waals surface area contributed by atoms with Crippen molar-refractivity contribution < 1.29 is 9.90 Å². The highest BCUT2D eigenvalue weighted by molar-refractivity contribution is 7.97. The molecule has 2 aromatic heterocycles. The minimum atomic E-state index is -0.257. The maximum Gasteiger partial charge on any atom is 0.280 e. The summed E-state index contributed by atoms with van der Waals surface area (Å²) in [5.74, 6) is -0.178. The number of amides is 1. The summed E-state index contributed by atoms with van der Waals surface area (Å²) in [5, 5.41) is 19.8. The van der Waals surface area contributed by atoms with Crippen molar-refractivity contribution in [2.45, 2.75) is 13.5 Å². The van der Waals surface area contributed by atoms with E-state index < -0.39 is 0 Å². The SMILES string of the molecule is CSNC(=O)c1nc(N(Cc2ncccc2O)c2ccc(C#N)cc2)sc1C. The average molecular weight is 412 g/mol. The van der Waals surface area contributed by atoms with E-state index in [0.29, 0.717) is 22.1 Å². The molecule has 0 aliphatic heterocycles. The number of hydrogen-bond donors (Lipinski definition) is 2. The third-order valence-corrected chi connectivity index (χ3v) is 5.29. The number of anilines is 2. The lowest BCUT2D eigenvalue weighted by molar-refractivity contribution is 0.0980. The van der Waals surface area contributed by atoms with Crippen molar-refractivity contribution in [3.63, 3.8) is 0 Å². The van der Waals surface area contributed by atoms with E-state index in [1.165, 1.54) is 23.3 Å². The fourth-order valence-corrected chi connectivity index (χ4v) is 3.74. The van der Waals surface area contributed by atoms with Crippen LogP contribution in [0.4, 0.5) is 10.8 Å². The number of benzene rings is 1. The fourth-order valence-electron chi connectivity index (χ4n) is 2.54. The van der Waals surface area contributed by atoms with E-state index in [4.69, 9.17) is 5.26 Å². The second-order valence-corrected chi connectivity index (χ2v) is 7.54. The second-order valence-electron chi connectivity index (χ2n) is 5.75. The number of carbonyl (C=O) groups excluding carboxylic acids is 1. The third kappa shape index (κ3) is 4.24. The Bertz CT molecular complexity index is 1030. The van der Waals surface area contributed by atoms with E-state index in [9.17, 15) is 9.90 Å². The van der Waals surface area contributed by atoms with Gasteiger partial charge in [0.05, 0.1) is 18.2 Å². The zero-order chi connectivity index (χ0) is 20.1. The van der Waals surface area contributed by atoms with Crippen molar-refractivity contribution in [2.24, 2.45) is 0 Å². The molecule has 0 bridgehead atoms. The molecule has 2 N–H and O–H groups in total. The summed E-state index contributed by atoms with van der Waals surface area (Å²) in [6.07, 6.45) is 3.38. The number of pyridine rings is 1. The molecule has 28 heavy (non-hydrogen) atoms. The zero-order valence-corrected chi connectivity index (χ0v) is 16.8. The quantitative estimate of drug-likeness (QED) is 0.595. The maximum atomic E-state index is 12.2. The Kier molecular flexibility index (Phi) is 6.13. The Hall–Kier alpha value is -3.09. The minimum absolute atomic E-state index is 0.0785. The van der Waals surface area contributed by atoms with Gasteiger partial charge in [-0.25, -0.2) is 4.98 Å². The van der Waals surface area contributed by atoms with Gasteiger partial charge in [-0.15, -0.1) is 11.3 Å². The first-order chi connectivity index (χ1) is 13.5. The molecular weight excluding hydrogens is 394 g/mol. The zero-order valence-electron chi connectivity index (χ0n) is 15.2. The Morgan fingerprint density at radius 3 is 2.75 bits per heavy atom. The number of nitrogens with one attached hydrogen (secondary N) is 1. The number of aryl methyl sites for hydroxylation is 1. The number of hydrogen-bond acceptors (Lipinski definition) is 8. The van der Waals surface area contributed by atoms with Crippen LogP contribution in [0.15, 0.2) is 42.6 Å². The largest absolute Gasteiger partial charge is 0.506 e. The van der Waals surface area contributed by atoms with Gasteiger partial charge in [-0.1, -0.05) is 11.9 Å². The lowest BCUT2D eigenvalue weighted by Crippen LogP contribution is -2.19. The van der Waals surface area contributed by atoms with Crippen LogP contribution in [-0.2, 0) is 6.54 Å². The van der Waals surface area contributed by atoms with Crippen LogP contribution in [0.1, 0.15) is 26.6 Å². The van der Waals surface area contributed by atoms with E-state index in [1.54, 1.807) is 48.9 Å². The number of aromatic nitrogens is 2. The first kappa shape index (κ1) is 19.7. The van der Waals surface area contributed by atoms with Gasteiger partial charge in [0.1, 0.15) is 17.1 Å². The summed E-state index contributed by atoms with van der Waals surface area (Å²) < 4.78 is 2.68. The number of rotatable bonds is 6. The molecule has 0 saturated carbocycles. The Labute approximate surface area is 170 Å². The molecule has 0 saturated heterocycles. The molecule has 0 unspecified atom stereocenters. The van der Waals surface area contributed by atoms with Gasteiger partial charge in [-0.2, -0.15) is 5.26 Å². The number of nitrogens with zero attached hydrogens (tertiary/aromatic N) is 4. The van der Waals surface area contributed by atoms with E-state index in [0.717, 1.165) is 10.6 Å². The fraction of sp³-hybridized carbons (Fsp3) is 0.158. The second kappa shape index (κ2) is 8.73. The molecule has 7 nitrogen and oxygen atoms in total. The molecule has 0 spiro atoms. The highest BCUT2D eigenvalue weighted by Gasteiger charge is 2.21. The summed E-state index contributed by atoms with van der Waals surface area (Å²) in [6.45, 7) is 2.10. The standard InChI is InChI=1S/C19H17N5O2S2/c1-12-17(18(26)23-27-2)22-19(28-12)24(11-15-16(25)4-3-9-21-15)14-7-5-13(10-20)6-8-14/h3-9,25H,11H2,1-2H3,(H,23,26). The summed E-state index contributed by atoms with van der Waals surface area (Å²) in [4.78, 5) is 23.6. The summed E-state index contributed by atoms with van der Waals surface area (Å²) >= 11 is 2.59. The van der Waals surface area contributed by atoms with Gasteiger partial charge in [0.15, 0.2) is 5.13 Å². The van der Waals surface area contributed by atoms with E-state index in [2.05, 4.69) is 20.8 Å². The van der Waals surface area contributed by atoms with E-state index in [-0.39, 0.29) is 18.2 Å². The molecule has 0 aliphatic rings. The van der Waals surface area contributed by atoms with Gasteiger partial charge in [-0.3, -0.25) is 14.5 Å². The summed E-state index contributed by atoms with van der Waals surface area (Å²) in [7, 11) is 0. The molecule has 1 aromatic carbocycles. The van der Waals surface area contributed by atoms with Crippen LogP contribution in [-0.4, -0.2) is 27.2 Å². The van der Waals surface area contributed by atoms with Crippen LogP contribution >= 0.6 is 23.3 Å². The number of nitriles is 1. The van der Waals surface area contributed by atoms with Crippen LogP contribution < -0.4 is 9.62 Å². The van der Waals surface area contributed by atoms with Crippen molar-refractivity contribution in [1.29, 1.82) is 5.26 Å². The predicted molar refractivity (Wildman–Crippen MR) is 111 cm³/mol. The van der Waals surface area contributed by atoms with Crippen LogP contribution in [0.25, 0.3) is 0 Å². The molecule has 3 aromatic rings. The van der Waals surface area contributed by atoms with Crippen molar-refractivity contribution in [3.05, 3.63) is 64.4 Å². The van der Waals surface area contributed by atoms with Gasteiger partial charge in [0.2, 0.25) is 0 Å². The van der Waals surface area contributed by atoms with Crippen molar-refractivity contribution >= 4 is 40.0 Å². The lowest BCUT2D eigenvalue weighted by atomic mass is 10.2. The molecule has 142 valence electrons. The first-order valence-electron chi connectivity index (χ1n) is 8.24. The Balaban J connectivity index is 2.03. The molecule has 3 rings (SSSR count). The molecule has 0 aliphatic carbocycles. The van der Waals surface area contributed by atoms with Crippen LogP contribution in [0.5, 0.6) is 5.75 Å². The Morgan fingerprint density at radius 2 is 2.11 bits per heavy atom. The van der Waals surface area contributed by atoms with Crippen LogP contribution in [0, 0.1) is 18.3 Å². The van der Waals surface area contributed by atoms with Crippen molar-refractivity contribution in [3.8, 4) is 11.8 Å². The minimum Gasteiger partial charge on any atom is -0.506 e. The monoisotopic (exact) mass is 411 g/mol. The normalized spacial score (nSPS) is 10.3. The van der Waals surface area contributed by atoms with Crippen LogP contribution in [0.3, 0.4) is 0 Å². The summed E-state index contributed by atoms with van der Waals surface area (Å²) in [5.41, 5.74) is 2.16. The van der Waals surface area contributed by atoms with Gasteiger partial charge in [-0.05, 0) is 43.3 Å². The predicted octanol–water partition coefficient (Wildman–Crippen LogP) is 3.77. The third-order valence-electron chi connectivity index (χ3n) is 3.91. The van der Waals surface area contributed by atoms with Gasteiger partial charge in [0, 0.05) is 23.0 Å². The summed E-state index contributed by atoms with van der Waals surface area (Å²) in [6, 6.07) is 12.4. The molecule has 0 fully saturated rings. The van der Waals surface area contributed by atoms with Crippen molar-refractivity contribution in [2.75, 3.05) is 11.2 Å². The molecule has 9 heteroatoms. The van der Waals surface area contributed by atoms with Gasteiger partial charge in [0.25, 0.3) is 5.91 Å². The molecule has 2 heterocycles. The number of aromatic hydroxyl groups is 1. The topological polar surface area (TPSA) is 102 Å². The molecule has 1 amide bonds. The highest BCUT2D eigenvalue weighted by Crippen LogP contribution is 2.34. The highest BCUT2D eigenvalue weighted by atomic mass is 32.2. The number of thiazole rings is 1. The van der Waals surface area contributed by atoms with Gasteiger partial charge < -0.3 is 10.0 Å².